The molecule has 0 fully saturated rings. The van der Waals surface area contributed by atoms with E-state index in [-0.39, 0.29) is 0 Å². The lowest BCUT2D eigenvalue weighted by molar-refractivity contribution is 0.169. The molecule has 0 aliphatic rings. The van der Waals surface area contributed by atoms with E-state index in [0.717, 1.165) is 12.4 Å². The zero-order valence-electron chi connectivity index (χ0n) is 9.41. The van der Waals surface area contributed by atoms with E-state index in [1.165, 1.54) is 12.5 Å². The largest absolute Gasteiger partial charge is 0.386 e. The van der Waals surface area contributed by atoms with Crippen molar-refractivity contribution in [2.45, 2.75) is 26.0 Å². The highest BCUT2D eigenvalue weighted by Gasteiger charge is 2.13. The van der Waals surface area contributed by atoms with Crippen LogP contribution in [0.15, 0.2) is 24.7 Å². The van der Waals surface area contributed by atoms with Crippen molar-refractivity contribution in [1.82, 2.24) is 19.7 Å². The lowest BCUT2D eigenvalue weighted by atomic mass is 10.1. The minimum atomic E-state index is -0.693. The molecule has 0 radical (unpaired) electrons. The van der Waals surface area contributed by atoms with E-state index in [9.17, 15) is 5.11 Å². The molecule has 2 rings (SSSR count). The van der Waals surface area contributed by atoms with Gasteiger partial charge in [0.25, 0.3) is 0 Å². The number of aliphatic hydroxyl groups is 1. The van der Waals surface area contributed by atoms with Crippen LogP contribution in [0.25, 0.3) is 0 Å². The molecule has 1 N–H and O–H groups in total. The molecular formula is C11H13ClN4O. The van der Waals surface area contributed by atoms with Crippen LogP contribution in [0.4, 0.5) is 0 Å². The first-order chi connectivity index (χ1) is 8.20. The summed E-state index contributed by atoms with van der Waals surface area (Å²) in [5.74, 6) is 0.747. The zero-order chi connectivity index (χ0) is 12.3. The molecule has 6 heteroatoms. The number of nitrogens with zero attached hydrogens (tertiary/aromatic N) is 4. The first-order valence-corrected chi connectivity index (χ1v) is 5.74. The fraction of sp³-hybridized carbons (Fsp3) is 0.364. The molecule has 0 aliphatic heterocycles. The molecule has 90 valence electrons. The Kier molecular flexibility index (Phi) is 3.71. The van der Waals surface area contributed by atoms with Crippen molar-refractivity contribution in [2.24, 2.45) is 0 Å². The van der Waals surface area contributed by atoms with Crippen molar-refractivity contribution in [3.05, 3.63) is 41.2 Å². The lowest BCUT2D eigenvalue weighted by Gasteiger charge is -2.09. The van der Waals surface area contributed by atoms with Crippen LogP contribution in [-0.4, -0.2) is 24.9 Å². The highest BCUT2D eigenvalue weighted by molar-refractivity contribution is 6.30. The molecule has 1 atom stereocenters. The van der Waals surface area contributed by atoms with Gasteiger partial charge in [-0.3, -0.25) is 9.67 Å². The molecule has 0 saturated carbocycles. The predicted molar refractivity (Wildman–Crippen MR) is 63.6 cm³/mol. The Balaban J connectivity index is 2.11. The van der Waals surface area contributed by atoms with Gasteiger partial charge in [0, 0.05) is 19.2 Å². The van der Waals surface area contributed by atoms with Crippen LogP contribution in [0.1, 0.15) is 24.5 Å². The second-order valence-electron chi connectivity index (χ2n) is 3.61. The normalized spacial score (nSPS) is 12.6. The molecule has 0 amide bonds. The third-order valence-electron chi connectivity index (χ3n) is 2.46. The average Bonchev–Trinajstić information content (AvgIpc) is 2.77. The van der Waals surface area contributed by atoms with E-state index < -0.39 is 6.10 Å². The smallest absolute Gasteiger partial charge is 0.138 e. The summed E-state index contributed by atoms with van der Waals surface area (Å²) in [6, 6.07) is 3.41. The van der Waals surface area contributed by atoms with Gasteiger partial charge in [-0.05, 0) is 19.1 Å². The van der Waals surface area contributed by atoms with Gasteiger partial charge in [-0.1, -0.05) is 11.6 Å². The van der Waals surface area contributed by atoms with Crippen molar-refractivity contribution >= 4 is 11.6 Å². The van der Waals surface area contributed by atoms with Crippen molar-refractivity contribution in [2.75, 3.05) is 0 Å². The van der Waals surface area contributed by atoms with Gasteiger partial charge in [-0.2, -0.15) is 5.10 Å². The molecule has 2 aromatic heterocycles. The standard InChI is InChI=1S/C11H13ClN4O/c1-2-16-11(14-7-15-16)5-10(17)9-4-3-8(12)6-13-9/h3-4,6-7,10,17H,2,5H2,1H3. The summed E-state index contributed by atoms with van der Waals surface area (Å²) in [7, 11) is 0. The van der Waals surface area contributed by atoms with Crippen LogP contribution in [0.2, 0.25) is 5.02 Å². The minimum absolute atomic E-state index is 0.391. The van der Waals surface area contributed by atoms with Gasteiger partial charge >= 0.3 is 0 Å². The number of halogens is 1. The summed E-state index contributed by atoms with van der Waals surface area (Å²) in [5, 5.41) is 14.6. The Labute approximate surface area is 104 Å². The summed E-state index contributed by atoms with van der Waals surface area (Å²) in [5.41, 5.74) is 0.583. The number of hydrogen-bond donors (Lipinski definition) is 1. The van der Waals surface area contributed by atoms with Gasteiger partial charge in [-0.25, -0.2) is 4.98 Å². The molecule has 0 spiro atoms. The van der Waals surface area contributed by atoms with E-state index in [1.54, 1.807) is 16.8 Å². The average molecular weight is 253 g/mol. The van der Waals surface area contributed by atoms with Crippen molar-refractivity contribution in [1.29, 1.82) is 0 Å². The van der Waals surface area contributed by atoms with Gasteiger partial charge in [-0.15, -0.1) is 0 Å². The third-order valence-corrected chi connectivity index (χ3v) is 2.69. The molecule has 2 aromatic rings. The topological polar surface area (TPSA) is 63.8 Å². The second-order valence-corrected chi connectivity index (χ2v) is 4.05. The van der Waals surface area contributed by atoms with E-state index in [4.69, 9.17) is 11.6 Å². The summed E-state index contributed by atoms with van der Waals surface area (Å²) < 4.78 is 1.75. The van der Waals surface area contributed by atoms with E-state index in [2.05, 4.69) is 15.1 Å². The Morgan fingerprint density at radius 1 is 1.41 bits per heavy atom. The van der Waals surface area contributed by atoms with Crippen LogP contribution in [0, 0.1) is 0 Å². The number of aliphatic hydroxyl groups excluding tert-OH is 1. The van der Waals surface area contributed by atoms with Crippen LogP contribution in [-0.2, 0) is 13.0 Å². The van der Waals surface area contributed by atoms with Gasteiger partial charge in [0.1, 0.15) is 18.3 Å². The highest BCUT2D eigenvalue weighted by Crippen LogP contribution is 2.16. The summed E-state index contributed by atoms with van der Waals surface area (Å²) in [4.78, 5) is 8.18. The molecule has 17 heavy (non-hydrogen) atoms. The van der Waals surface area contributed by atoms with Gasteiger partial charge in [0.2, 0.25) is 0 Å². The SMILES string of the molecule is CCn1ncnc1CC(O)c1ccc(Cl)cn1. The quantitative estimate of drug-likeness (QED) is 0.898. The fourth-order valence-corrected chi connectivity index (χ4v) is 1.68. The molecule has 2 heterocycles. The maximum absolute atomic E-state index is 10.0. The first kappa shape index (κ1) is 12.0. The minimum Gasteiger partial charge on any atom is -0.386 e. The van der Waals surface area contributed by atoms with Gasteiger partial charge < -0.3 is 5.11 Å². The molecule has 1 unspecified atom stereocenters. The van der Waals surface area contributed by atoms with Crippen molar-refractivity contribution < 1.29 is 5.11 Å². The second kappa shape index (κ2) is 5.25. The molecule has 0 aliphatic carbocycles. The van der Waals surface area contributed by atoms with Crippen molar-refractivity contribution in [3.63, 3.8) is 0 Å². The van der Waals surface area contributed by atoms with Crippen LogP contribution >= 0.6 is 11.6 Å². The fourth-order valence-electron chi connectivity index (χ4n) is 1.57. The number of pyridine rings is 1. The third kappa shape index (κ3) is 2.81. The Morgan fingerprint density at radius 2 is 2.24 bits per heavy atom. The predicted octanol–water partition coefficient (Wildman–Crippen LogP) is 1.62. The Hall–Kier alpha value is -1.46. The van der Waals surface area contributed by atoms with Crippen molar-refractivity contribution in [3.8, 4) is 0 Å². The van der Waals surface area contributed by atoms with Crippen LogP contribution in [0.3, 0.4) is 0 Å². The molecular weight excluding hydrogens is 240 g/mol. The number of aryl methyl sites for hydroxylation is 1. The number of rotatable bonds is 4. The number of aromatic nitrogens is 4. The number of hydrogen-bond acceptors (Lipinski definition) is 4. The van der Waals surface area contributed by atoms with Gasteiger partial charge in [0.05, 0.1) is 10.7 Å². The van der Waals surface area contributed by atoms with E-state index in [0.29, 0.717) is 17.1 Å². The Morgan fingerprint density at radius 3 is 2.88 bits per heavy atom. The monoisotopic (exact) mass is 252 g/mol. The summed E-state index contributed by atoms with van der Waals surface area (Å²) in [6.07, 6.45) is 2.70. The maximum Gasteiger partial charge on any atom is 0.138 e. The highest BCUT2D eigenvalue weighted by atomic mass is 35.5. The molecule has 0 bridgehead atoms. The van der Waals surface area contributed by atoms with E-state index in [1.807, 2.05) is 6.92 Å². The molecule has 0 saturated heterocycles. The Bertz CT molecular complexity index is 482. The first-order valence-electron chi connectivity index (χ1n) is 5.37. The zero-order valence-corrected chi connectivity index (χ0v) is 10.2. The van der Waals surface area contributed by atoms with E-state index >= 15 is 0 Å². The van der Waals surface area contributed by atoms with Gasteiger partial charge in [0.15, 0.2) is 0 Å². The molecule has 5 nitrogen and oxygen atoms in total. The van der Waals surface area contributed by atoms with Crippen LogP contribution in [0.5, 0.6) is 0 Å². The lowest BCUT2D eigenvalue weighted by Crippen LogP contribution is -2.10. The molecule has 0 aromatic carbocycles. The summed E-state index contributed by atoms with van der Waals surface area (Å²) in [6.45, 7) is 2.71. The van der Waals surface area contributed by atoms with Crippen LogP contribution < -0.4 is 0 Å². The maximum atomic E-state index is 10.0. The summed E-state index contributed by atoms with van der Waals surface area (Å²) >= 11 is 5.74.